The van der Waals surface area contributed by atoms with Gasteiger partial charge < -0.3 is 19.9 Å². The van der Waals surface area contributed by atoms with Gasteiger partial charge in [0.05, 0.1) is 18.0 Å². The summed E-state index contributed by atoms with van der Waals surface area (Å²) in [5.74, 6) is -1.66. The number of benzene rings is 1. The SMILES string of the molecule is CCNC(=O)[C@H]1[C@H](CO)[C@H]2Cn3c(ccc(/C=C/c4ccccc4)c3=O)[C@@H]1N2C(=O)c1ccncc1. The Labute approximate surface area is 208 Å². The van der Waals surface area contributed by atoms with E-state index in [0.29, 0.717) is 23.4 Å². The van der Waals surface area contributed by atoms with Gasteiger partial charge in [0.1, 0.15) is 0 Å². The molecule has 0 radical (unpaired) electrons. The number of carbonyl (C=O) groups excluding carboxylic acids is 2. The molecule has 36 heavy (non-hydrogen) atoms. The Morgan fingerprint density at radius 2 is 1.83 bits per heavy atom. The van der Waals surface area contributed by atoms with Gasteiger partial charge in [-0.1, -0.05) is 36.4 Å². The van der Waals surface area contributed by atoms with E-state index < -0.39 is 23.9 Å². The number of hydrogen-bond acceptors (Lipinski definition) is 5. The Morgan fingerprint density at radius 3 is 2.53 bits per heavy atom. The van der Waals surface area contributed by atoms with Gasteiger partial charge in [-0.05, 0) is 42.8 Å². The first kappa shape index (κ1) is 23.7. The Bertz CT molecular complexity index is 1350. The van der Waals surface area contributed by atoms with E-state index in [1.807, 2.05) is 49.4 Å². The summed E-state index contributed by atoms with van der Waals surface area (Å²) in [6, 6.07) is 15.4. The largest absolute Gasteiger partial charge is 0.396 e. The third-order valence-electron chi connectivity index (χ3n) is 7.14. The number of fused-ring (bicyclic) bond motifs is 4. The molecule has 4 atom stereocenters. The lowest BCUT2D eigenvalue weighted by molar-refractivity contribution is -0.127. The smallest absolute Gasteiger partial charge is 0.258 e. The highest BCUT2D eigenvalue weighted by Gasteiger charge is 2.57. The quantitative estimate of drug-likeness (QED) is 0.559. The van der Waals surface area contributed by atoms with Crippen LogP contribution in [0, 0.1) is 11.8 Å². The summed E-state index contributed by atoms with van der Waals surface area (Å²) in [6.07, 6.45) is 6.77. The third-order valence-corrected chi connectivity index (χ3v) is 7.14. The van der Waals surface area contributed by atoms with Crippen LogP contribution < -0.4 is 10.9 Å². The molecule has 1 fully saturated rings. The molecule has 5 rings (SSSR count). The predicted octanol–water partition coefficient (Wildman–Crippen LogP) is 2.35. The zero-order chi connectivity index (χ0) is 25.2. The summed E-state index contributed by atoms with van der Waals surface area (Å²) >= 11 is 0. The number of amides is 2. The fourth-order valence-corrected chi connectivity index (χ4v) is 5.51. The van der Waals surface area contributed by atoms with E-state index in [-0.39, 0.29) is 30.5 Å². The third kappa shape index (κ3) is 4.03. The number of carbonyl (C=O) groups is 2. The minimum absolute atomic E-state index is 0.182. The average Bonchev–Trinajstić information content (AvgIpc) is 3.15. The number of aromatic nitrogens is 2. The lowest BCUT2D eigenvalue weighted by Crippen LogP contribution is -2.49. The van der Waals surface area contributed by atoms with Gasteiger partial charge in [0.15, 0.2) is 0 Å². The van der Waals surface area contributed by atoms with Crippen LogP contribution in [0.2, 0.25) is 0 Å². The predicted molar refractivity (Wildman–Crippen MR) is 136 cm³/mol. The van der Waals surface area contributed by atoms with Crippen LogP contribution in [0.4, 0.5) is 0 Å². The van der Waals surface area contributed by atoms with Crippen LogP contribution in [0.3, 0.4) is 0 Å². The van der Waals surface area contributed by atoms with Crippen molar-refractivity contribution in [3.8, 4) is 0 Å². The van der Waals surface area contributed by atoms with Gasteiger partial charge in [-0.25, -0.2) is 0 Å². The number of hydrogen-bond donors (Lipinski definition) is 2. The van der Waals surface area contributed by atoms with Crippen LogP contribution in [-0.4, -0.2) is 50.6 Å². The Balaban J connectivity index is 1.60. The molecule has 8 nitrogen and oxygen atoms in total. The lowest BCUT2D eigenvalue weighted by atomic mass is 9.86. The van der Waals surface area contributed by atoms with Crippen LogP contribution in [0.5, 0.6) is 0 Å². The molecule has 2 aliphatic heterocycles. The minimum Gasteiger partial charge on any atom is -0.396 e. The molecule has 184 valence electrons. The van der Waals surface area contributed by atoms with Gasteiger partial charge in [0.2, 0.25) is 5.91 Å². The molecule has 4 heterocycles. The van der Waals surface area contributed by atoms with Gasteiger partial charge in [-0.15, -0.1) is 0 Å². The maximum absolute atomic E-state index is 13.7. The second-order valence-electron chi connectivity index (χ2n) is 9.10. The van der Waals surface area contributed by atoms with Crippen molar-refractivity contribution in [2.45, 2.75) is 25.6 Å². The number of aliphatic hydroxyl groups excluding tert-OH is 1. The normalized spacial score (nSPS) is 22.4. The highest BCUT2D eigenvalue weighted by Crippen LogP contribution is 2.48. The summed E-state index contributed by atoms with van der Waals surface area (Å²) in [5, 5.41) is 13.2. The number of aliphatic hydroxyl groups is 1. The highest BCUT2D eigenvalue weighted by molar-refractivity contribution is 5.96. The minimum atomic E-state index is -0.676. The molecule has 0 aliphatic carbocycles. The molecule has 1 saturated heterocycles. The summed E-state index contributed by atoms with van der Waals surface area (Å²) in [4.78, 5) is 46.1. The van der Waals surface area contributed by atoms with Gasteiger partial charge in [-0.2, -0.15) is 0 Å². The molecule has 2 aliphatic rings. The molecule has 1 aromatic carbocycles. The molecule has 0 unspecified atom stereocenters. The first-order valence-electron chi connectivity index (χ1n) is 12.1. The first-order valence-corrected chi connectivity index (χ1v) is 12.1. The number of rotatable bonds is 6. The van der Waals surface area contributed by atoms with Gasteiger partial charge in [-0.3, -0.25) is 19.4 Å². The number of nitrogens with one attached hydrogen (secondary N) is 1. The second-order valence-corrected chi connectivity index (χ2v) is 9.10. The van der Waals surface area contributed by atoms with E-state index in [4.69, 9.17) is 0 Å². The van der Waals surface area contributed by atoms with Crippen LogP contribution >= 0.6 is 0 Å². The molecule has 2 amide bonds. The van der Waals surface area contributed by atoms with Crippen LogP contribution in [0.15, 0.2) is 71.8 Å². The Hall–Kier alpha value is -4.04. The topological polar surface area (TPSA) is 105 Å². The fourth-order valence-electron chi connectivity index (χ4n) is 5.51. The fraction of sp³-hybridized carbons (Fsp3) is 0.286. The number of nitrogens with zero attached hydrogens (tertiary/aromatic N) is 3. The van der Waals surface area contributed by atoms with Crippen molar-refractivity contribution >= 4 is 24.0 Å². The Morgan fingerprint density at radius 1 is 1.08 bits per heavy atom. The summed E-state index contributed by atoms with van der Waals surface area (Å²) < 4.78 is 1.66. The monoisotopic (exact) mass is 484 g/mol. The zero-order valence-electron chi connectivity index (χ0n) is 19.9. The summed E-state index contributed by atoms with van der Waals surface area (Å²) in [7, 11) is 0. The molecule has 2 bridgehead atoms. The summed E-state index contributed by atoms with van der Waals surface area (Å²) in [6.45, 7) is 2.19. The molecule has 2 aromatic heterocycles. The van der Waals surface area contributed by atoms with Crippen LogP contribution in [0.25, 0.3) is 12.2 Å². The van der Waals surface area contributed by atoms with Gasteiger partial charge in [0.25, 0.3) is 11.5 Å². The van der Waals surface area contributed by atoms with Crippen molar-refractivity contribution in [1.29, 1.82) is 0 Å². The lowest BCUT2D eigenvalue weighted by Gasteiger charge is -2.38. The molecule has 0 saturated carbocycles. The van der Waals surface area contributed by atoms with E-state index in [1.165, 1.54) is 0 Å². The van der Waals surface area contributed by atoms with E-state index in [9.17, 15) is 19.5 Å². The maximum atomic E-state index is 13.7. The maximum Gasteiger partial charge on any atom is 0.258 e. The molecule has 8 heteroatoms. The molecular formula is C28H28N4O4. The van der Waals surface area contributed by atoms with Crippen molar-refractivity contribution in [1.82, 2.24) is 19.8 Å². The molecule has 0 spiro atoms. The zero-order valence-corrected chi connectivity index (χ0v) is 19.9. The Kier molecular flexibility index (Phi) is 6.52. The van der Waals surface area contributed by atoms with E-state index in [0.717, 1.165) is 5.56 Å². The number of pyridine rings is 2. The first-order chi connectivity index (χ1) is 17.5. The second kappa shape index (κ2) is 9.91. The molecule has 2 N–H and O–H groups in total. The van der Waals surface area contributed by atoms with Crippen molar-refractivity contribution < 1.29 is 14.7 Å². The van der Waals surface area contributed by atoms with Crippen molar-refractivity contribution in [2.24, 2.45) is 11.8 Å². The molecular weight excluding hydrogens is 456 g/mol. The van der Waals surface area contributed by atoms with Crippen molar-refractivity contribution in [3.05, 3.63) is 99.7 Å². The highest BCUT2D eigenvalue weighted by atomic mass is 16.3. The van der Waals surface area contributed by atoms with Gasteiger partial charge in [0, 0.05) is 54.8 Å². The van der Waals surface area contributed by atoms with E-state index in [2.05, 4.69) is 10.3 Å². The van der Waals surface area contributed by atoms with E-state index >= 15 is 0 Å². The van der Waals surface area contributed by atoms with E-state index in [1.54, 1.807) is 46.1 Å². The van der Waals surface area contributed by atoms with Crippen LogP contribution in [-0.2, 0) is 11.3 Å². The standard InChI is InChI=1S/C28H28N4O4/c1-2-30-26(34)24-21(17-33)23-16-31-22(25(24)32(23)28(36)20-12-14-29-15-13-20)11-10-19(27(31)35)9-8-18-6-4-3-5-7-18/h3-15,21,23-25,33H,2,16-17H2,1H3,(H,30,34)/b9-8+/t21-,23-,24+,25+/m1/s1. The van der Waals surface area contributed by atoms with Crippen molar-refractivity contribution in [3.63, 3.8) is 0 Å². The van der Waals surface area contributed by atoms with Crippen LogP contribution in [0.1, 0.15) is 40.1 Å². The average molecular weight is 485 g/mol. The van der Waals surface area contributed by atoms with Gasteiger partial charge >= 0.3 is 0 Å². The van der Waals surface area contributed by atoms with Crippen molar-refractivity contribution in [2.75, 3.05) is 13.2 Å². The summed E-state index contributed by atoms with van der Waals surface area (Å²) in [5.41, 5.74) is 2.37. The molecule has 3 aromatic rings.